The van der Waals surface area contributed by atoms with Gasteiger partial charge >= 0.3 is 12.1 Å². The molecule has 3 atom stereocenters. The summed E-state index contributed by atoms with van der Waals surface area (Å²) < 4.78 is 20.9. The van der Waals surface area contributed by atoms with E-state index in [0.717, 1.165) is 0 Å². The van der Waals surface area contributed by atoms with Gasteiger partial charge in [0.25, 0.3) is 0 Å². The van der Waals surface area contributed by atoms with E-state index in [-0.39, 0.29) is 30.9 Å². The van der Waals surface area contributed by atoms with Gasteiger partial charge in [0.05, 0.1) is 11.7 Å². The molecule has 2 saturated heterocycles. The highest BCUT2D eigenvalue weighted by atomic mass is 16.8. The number of ether oxygens (including phenoxy) is 4. The quantitative estimate of drug-likeness (QED) is 0.697. The third-order valence-electron chi connectivity index (χ3n) is 3.28. The highest BCUT2D eigenvalue weighted by Crippen LogP contribution is 2.33. The minimum Gasteiger partial charge on any atom is -0.460 e. The highest BCUT2D eigenvalue weighted by molar-refractivity contribution is 5.66. The van der Waals surface area contributed by atoms with Gasteiger partial charge in [-0.15, -0.1) is 0 Å². The molecule has 0 aliphatic carbocycles. The zero-order valence-corrected chi connectivity index (χ0v) is 10.8. The molecule has 6 heteroatoms. The van der Waals surface area contributed by atoms with E-state index in [1.165, 1.54) is 6.92 Å². The SMILES string of the molecule is CC(=O)OC1CCC(C2COC(=O)O2)OC1(C)C. The molecular formula is C12H18O6. The Hall–Kier alpha value is -1.30. The van der Waals surface area contributed by atoms with Crippen LogP contribution >= 0.6 is 0 Å². The molecular weight excluding hydrogens is 240 g/mol. The number of carbonyl (C=O) groups is 2. The Morgan fingerprint density at radius 2 is 2.06 bits per heavy atom. The largest absolute Gasteiger partial charge is 0.508 e. The van der Waals surface area contributed by atoms with Crippen LogP contribution in [0.15, 0.2) is 0 Å². The first-order chi connectivity index (χ1) is 8.38. The molecule has 0 radical (unpaired) electrons. The number of carbonyl (C=O) groups excluding carboxylic acids is 2. The summed E-state index contributed by atoms with van der Waals surface area (Å²) in [5, 5.41) is 0. The van der Waals surface area contributed by atoms with E-state index in [2.05, 4.69) is 0 Å². The summed E-state index contributed by atoms with van der Waals surface area (Å²) >= 11 is 0. The summed E-state index contributed by atoms with van der Waals surface area (Å²) in [4.78, 5) is 21.9. The Kier molecular flexibility index (Phi) is 3.47. The molecule has 18 heavy (non-hydrogen) atoms. The first-order valence-corrected chi connectivity index (χ1v) is 6.07. The van der Waals surface area contributed by atoms with Gasteiger partial charge < -0.3 is 18.9 Å². The van der Waals surface area contributed by atoms with Gasteiger partial charge in [-0.2, -0.15) is 0 Å². The van der Waals surface area contributed by atoms with Crippen LogP contribution in [0.3, 0.4) is 0 Å². The van der Waals surface area contributed by atoms with E-state index >= 15 is 0 Å². The van der Waals surface area contributed by atoms with Crippen LogP contribution in [0, 0.1) is 0 Å². The predicted molar refractivity (Wildman–Crippen MR) is 60.0 cm³/mol. The van der Waals surface area contributed by atoms with Gasteiger partial charge in [-0.3, -0.25) is 4.79 Å². The third-order valence-corrected chi connectivity index (χ3v) is 3.28. The van der Waals surface area contributed by atoms with Crippen LogP contribution in [-0.4, -0.2) is 42.6 Å². The Labute approximate surface area is 106 Å². The van der Waals surface area contributed by atoms with E-state index in [0.29, 0.717) is 12.8 Å². The number of hydrogen-bond acceptors (Lipinski definition) is 6. The minimum atomic E-state index is -0.650. The fraction of sp³-hybridized carbons (Fsp3) is 0.833. The molecule has 0 aromatic heterocycles. The maximum atomic E-state index is 11.0. The second-order valence-electron chi connectivity index (χ2n) is 5.15. The van der Waals surface area contributed by atoms with E-state index < -0.39 is 11.8 Å². The molecule has 2 rings (SSSR count). The first kappa shape index (κ1) is 13.1. The lowest BCUT2D eigenvalue weighted by Gasteiger charge is -2.42. The maximum Gasteiger partial charge on any atom is 0.508 e. The van der Waals surface area contributed by atoms with Crippen LogP contribution in [0.4, 0.5) is 4.79 Å². The van der Waals surface area contributed by atoms with E-state index in [1.54, 1.807) is 0 Å². The fourth-order valence-corrected chi connectivity index (χ4v) is 2.38. The highest BCUT2D eigenvalue weighted by Gasteiger charge is 2.45. The van der Waals surface area contributed by atoms with Crippen molar-refractivity contribution in [3.05, 3.63) is 0 Å². The van der Waals surface area contributed by atoms with Gasteiger partial charge in [0.1, 0.15) is 12.7 Å². The van der Waals surface area contributed by atoms with Gasteiger partial charge in [0.2, 0.25) is 0 Å². The summed E-state index contributed by atoms with van der Waals surface area (Å²) in [5.74, 6) is -0.314. The van der Waals surface area contributed by atoms with Crippen molar-refractivity contribution in [2.24, 2.45) is 0 Å². The number of rotatable bonds is 2. The van der Waals surface area contributed by atoms with Crippen molar-refractivity contribution in [3.8, 4) is 0 Å². The number of cyclic esters (lactones) is 2. The first-order valence-electron chi connectivity index (χ1n) is 6.07. The second-order valence-corrected chi connectivity index (χ2v) is 5.15. The van der Waals surface area contributed by atoms with Crippen molar-refractivity contribution in [1.29, 1.82) is 0 Å². The topological polar surface area (TPSA) is 71.1 Å². The number of hydrogen-bond donors (Lipinski definition) is 0. The minimum absolute atomic E-state index is 0.210. The van der Waals surface area contributed by atoms with Crippen LogP contribution in [0.25, 0.3) is 0 Å². The molecule has 6 nitrogen and oxygen atoms in total. The summed E-state index contributed by atoms with van der Waals surface area (Å²) in [6.07, 6.45) is -0.144. The van der Waals surface area contributed by atoms with E-state index in [9.17, 15) is 9.59 Å². The van der Waals surface area contributed by atoms with Crippen molar-refractivity contribution < 1.29 is 28.5 Å². The zero-order chi connectivity index (χ0) is 13.3. The summed E-state index contributed by atoms with van der Waals surface area (Å²) in [5.41, 5.74) is -0.594. The fourth-order valence-electron chi connectivity index (χ4n) is 2.38. The Balaban J connectivity index is 1.96. The molecule has 2 fully saturated rings. The van der Waals surface area contributed by atoms with Crippen LogP contribution < -0.4 is 0 Å². The number of esters is 1. The lowest BCUT2D eigenvalue weighted by atomic mass is 9.90. The van der Waals surface area contributed by atoms with Crippen LogP contribution in [-0.2, 0) is 23.7 Å². The van der Waals surface area contributed by atoms with Crippen LogP contribution in [0.2, 0.25) is 0 Å². The Morgan fingerprint density at radius 1 is 1.33 bits per heavy atom. The van der Waals surface area contributed by atoms with Crippen molar-refractivity contribution in [3.63, 3.8) is 0 Å². The monoisotopic (exact) mass is 258 g/mol. The summed E-state index contributed by atoms with van der Waals surface area (Å²) in [7, 11) is 0. The zero-order valence-electron chi connectivity index (χ0n) is 10.8. The molecule has 0 spiro atoms. The molecule has 0 bridgehead atoms. The van der Waals surface area contributed by atoms with Gasteiger partial charge in [-0.1, -0.05) is 0 Å². The average molecular weight is 258 g/mol. The molecule has 3 unspecified atom stereocenters. The lowest BCUT2D eigenvalue weighted by molar-refractivity contribution is -0.208. The van der Waals surface area contributed by atoms with Crippen molar-refractivity contribution in [2.75, 3.05) is 6.61 Å². The molecule has 2 aliphatic heterocycles. The maximum absolute atomic E-state index is 11.0. The molecule has 0 amide bonds. The molecule has 0 N–H and O–H groups in total. The standard InChI is InChI=1S/C12H18O6/c1-7(13)16-10-5-4-8(18-12(10,2)3)9-6-15-11(14)17-9/h8-10H,4-6H2,1-3H3. The Morgan fingerprint density at radius 3 is 2.56 bits per heavy atom. The van der Waals surface area contributed by atoms with Gasteiger partial charge in [-0.25, -0.2) is 4.79 Å². The summed E-state index contributed by atoms with van der Waals surface area (Å²) in [6.45, 7) is 5.33. The van der Waals surface area contributed by atoms with E-state index in [1.807, 2.05) is 13.8 Å². The molecule has 0 aromatic rings. The van der Waals surface area contributed by atoms with Gasteiger partial charge in [0.15, 0.2) is 6.10 Å². The summed E-state index contributed by atoms with van der Waals surface area (Å²) in [6, 6.07) is 0. The smallest absolute Gasteiger partial charge is 0.460 e. The van der Waals surface area contributed by atoms with Crippen LogP contribution in [0.5, 0.6) is 0 Å². The van der Waals surface area contributed by atoms with Crippen LogP contribution in [0.1, 0.15) is 33.6 Å². The molecule has 0 aromatic carbocycles. The van der Waals surface area contributed by atoms with Crippen molar-refractivity contribution >= 4 is 12.1 Å². The normalized spacial score (nSPS) is 34.6. The third kappa shape index (κ3) is 2.75. The Bertz CT molecular complexity index is 350. The van der Waals surface area contributed by atoms with Gasteiger partial charge in [0, 0.05) is 6.92 Å². The molecule has 0 saturated carbocycles. The molecule has 2 aliphatic rings. The lowest BCUT2D eigenvalue weighted by Crippen LogP contribution is -2.52. The van der Waals surface area contributed by atoms with E-state index in [4.69, 9.17) is 18.9 Å². The van der Waals surface area contributed by atoms with Gasteiger partial charge in [-0.05, 0) is 26.7 Å². The van der Waals surface area contributed by atoms with Crippen molar-refractivity contribution in [1.82, 2.24) is 0 Å². The average Bonchev–Trinajstić information content (AvgIpc) is 2.67. The molecule has 2 heterocycles. The van der Waals surface area contributed by atoms with Crippen molar-refractivity contribution in [2.45, 2.75) is 57.5 Å². The predicted octanol–water partition coefficient (Wildman–Crippen LogP) is 1.41. The molecule has 102 valence electrons. The second kappa shape index (κ2) is 4.76.